The summed E-state index contributed by atoms with van der Waals surface area (Å²) in [7, 11) is 0. The Morgan fingerprint density at radius 3 is 1.92 bits per heavy atom. The Morgan fingerprint density at radius 1 is 0.578 bits per heavy atom. The summed E-state index contributed by atoms with van der Waals surface area (Å²) in [5, 5.41) is 21.3. The Bertz CT molecular complexity index is 4300. The van der Waals surface area contributed by atoms with E-state index in [1.807, 2.05) is 24.3 Å². The van der Waals surface area contributed by atoms with E-state index >= 15 is 0 Å². The fraction of sp³-hybridized carbons (Fsp3) is 0.132. The Kier molecular flexibility index (Phi) is 13.1. The summed E-state index contributed by atoms with van der Waals surface area (Å²) in [6.45, 7) is 15.5. The van der Waals surface area contributed by atoms with Crippen LogP contribution < -0.4 is 30.4 Å². The Balaban J connectivity index is 1.04. The molecule has 0 saturated heterocycles. The van der Waals surface area contributed by atoms with Crippen LogP contribution in [0, 0.1) is 29.6 Å². The van der Waals surface area contributed by atoms with Gasteiger partial charge >= 0.3 is 0 Å². The third kappa shape index (κ3) is 9.07. The van der Waals surface area contributed by atoms with E-state index in [2.05, 4.69) is 288 Å². The molecular formula is C76H62BN5O. The van der Waals surface area contributed by atoms with Gasteiger partial charge in [0.2, 0.25) is 0 Å². The van der Waals surface area contributed by atoms with Crippen molar-refractivity contribution >= 4 is 63.1 Å². The second-order valence-corrected chi connectivity index (χ2v) is 23.5. The van der Waals surface area contributed by atoms with Crippen molar-refractivity contribution in [2.24, 2.45) is 0 Å². The zero-order chi connectivity index (χ0) is 57.1. The van der Waals surface area contributed by atoms with E-state index in [4.69, 9.17) is 4.74 Å². The number of para-hydroxylation sites is 4. The first kappa shape index (κ1) is 52.3. The van der Waals surface area contributed by atoms with Crippen LogP contribution in [0.2, 0.25) is 0 Å². The van der Waals surface area contributed by atoms with Crippen molar-refractivity contribution < 1.29 is 4.74 Å². The number of hydrogen-bond acceptors (Lipinski definition) is 6. The molecule has 0 aliphatic carbocycles. The summed E-state index contributed by atoms with van der Waals surface area (Å²) in [5.74, 6) is 1.57. The largest absolute Gasteiger partial charge is 0.458 e. The van der Waals surface area contributed by atoms with Crippen LogP contribution in [-0.2, 0) is 17.3 Å². The van der Waals surface area contributed by atoms with E-state index in [1.165, 1.54) is 11.1 Å². The highest BCUT2D eigenvalue weighted by Crippen LogP contribution is 2.55. The molecule has 83 heavy (non-hydrogen) atoms. The SMILES string of the molecule is C/C=C1/B2c3ccc(-c4cc(C#N)ccc4N(c4ccccc4)c4ccccc4)cc3Oc3cc(C)cc(c32)N(c2ccc(C(C)(C)C)cc2-c2ccccc2)/C1=C/Cc1cc(C#N)cc2c1N(c1ccccc1)c1ccccc1C2(C)C. The van der Waals surface area contributed by atoms with Gasteiger partial charge in [0.1, 0.15) is 11.5 Å². The van der Waals surface area contributed by atoms with Gasteiger partial charge in [-0.2, -0.15) is 10.5 Å². The summed E-state index contributed by atoms with van der Waals surface area (Å²) < 4.78 is 7.32. The molecule has 10 aromatic rings. The summed E-state index contributed by atoms with van der Waals surface area (Å²) in [6.07, 6.45) is 5.24. The topological polar surface area (TPSA) is 66.5 Å². The number of benzene rings is 10. The molecule has 7 heteroatoms. The van der Waals surface area contributed by atoms with Gasteiger partial charge < -0.3 is 19.4 Å². The summed E-state index contributed by atoms with van der Waals surface area (Å²) in [4.78, 5) is 7.16. The summed E-state index contributed by atoms with van der Waals surface area (Å²) in [6, 6.07) is 84.2. The zero-order valence-corrected chi connectivity index (χ0v) is 47.9. The minimum atomic E-state index is -0.410. The Morgan fingerprint density at radius 2 is 1.24 bits per heavy atom. The molecule has 400 valence electrons. The molecule has 0 fully saturated rings. The molecule has 0 unspecified atom stereocenters. The number of aryl methyl sites for hydroxylation is 1. The maximum Gasteiger partial charge on any atom is 0.255 e. The van der Waals surface area contributed by atoms with Crippen LogP contribution in [0.25, 0.3) is 22.3 Å². The van der Waals surface area contributed by atoms with Gasteiger partial charge in [0.05, 0.1) is 46.0 Å². The van der Waals surface area contributed by atoms with Gasteiger partial charge in [-0.1, -0.05) is 168 Å². The Hall–Kier alpha value is -10.1. The third-order valence-electron chi connectivity index (χ3n) is 17.0. The number of allylic oxidation sites excluding steroid dienone is 3. The highest BCUT2D eigenvalue weighted by atomic mass is 16.5. The molecule has 3 heterocycles. The molecule has 0 bridgehead atoms. The number of rotatable bonds is 9. The number of fused-ring (bicyclic) bond motifs is 4. The van der Waals surface area contributed by atoms with Crippen molar-refractivity contribution in [3.8, 4) is 45.9 Å². The molecule has 0 spiro atoms. The standard InChI is InChI=1S/C76H62BN5O/c1-8-64-69(39-35-55-43-52(49-79)45-63-74(55)81(59-29-19-12-20-30-59)68-32-22-21-31-62(68)76(63,6)7)82(67-40-36-56(75(3,4)5)47-61(67)53-23-13-9-14-24-53)70-41-50(2)42-72-73(70)77(64)65-37-34-54(46-71(65)83-72)60-44-51(48-78)33-38-66(60)80(57-25-15-10-16-26-57)58-27-17-11-18-28-58/h8-34,36-47H,35H2,1-7H3/b64-8+,69-39+. The number of nitriles is 2. The van der Waals surface area contributed by atoms with Crippen LogP contribution >= 0.6 is 0 Å². The number of anilines is 8. The molecule has 3 aliphatic rings. The van der Waals surface area contributed by atoms with E-state index in [1.54, 1.807) is 0 Å². The first-order valence-corrected chi connectivity index (χ1v) is 28.6. The summed E-state index contributed by atoms with van der Waals surface area (Å²) >= 11 is 0. The Labute approximate surface area is 488 Å². The average molecular weight is 1070 g/mol. The number of hydrogen-bond donors (Lipinski definition) is 0. The highest BCUT2D eigenvalue weighted by Gasteiger charge is 2.45. The van der Waals surface area contributed by atoms with E-state index in [0.29, 0.717) is 17.5 Å². The number of ether oxygens (including phenoxy) is 1. The second-order valence-electron chi connectivity index (χ2n) is 23.5. The van der Waals surface area contributed by atoms with Crippen LogP contribution in [0.4, 0.5) is 45.5 Å². The van der Waals surface area contributed by atoms with Gasteiger partial charge in [-0.15, -0.1) is 0 Å². The lowest BCUT2D eigenvalue weighted by atomic mass is 9.33. The van der Waals surface area contributed by atoms with Gasteiger partial charge in [-0.05, 0) is 184 Å². The average Bonchev–Trinajstić information content (AvgIpc) is 1.57. The fourth-order valence-corrected chi connectivity index (χ4v) is 13.0. The van der Waals surface area contributed by atoms with Crippen molar-refractivity contribution in [3.05, 3.63) is 287 Å². The molecule has 10 aromatic carbocycles. The highest BCUT2D eigenvalue weighted by molar-refractivity contribution is 6.94. The first-order chi connectivity index (χ1) is 40.3. The van der Waals surface area contributed by atoms with Crippen molar-refractivity contribution in [3.63, 3.8) is 0 Å². The molecular weight excluding hydrogens is 1010 g/mol. The molecule has 0 N–H and O–H groups in total. The van der Waals surface area contributed by atoms with Crippen molar-refractivity contribution in [1.82, 2.24) is 0 Å². The van der Waals surface area contributed by atoms with Crippen molar-refractivity contribution in [1.29, 1.82) is 10.5 Å². The fourth-order valence-electron chi connectivity index (χ4n) is 13.0. The van der Waals surface area contributed by atoms with Crippen molar-refractivity contribution in [2.45, 2.75) is 65.7 Å². The molecule has 0 atom stereocenters. The molecule has 13 rings (SSSR count). The first-order valence-electron chi connectivity index (χ1n) is 28.6. The van der Waals surface area contributed by atoms with Crippen LogP contribution in [0.15, 0.2) is 248 Å². The van der Waals surface area contributed by atoms with Crippen LogP contribution in [0.3, 0.4) is 0 Å². The molecule has 6 nitrogen and oxygen atoms in total. The molecule has 0 aromatic heterocycles. The monoisotopic (exact) mass is 1070 g/mol. The van der Waals surface area contributed by atoms with Crippen LogP contribution in [0.1, 0.15) is 80.5 Å². The second kappa shape index (κ2) is 20.8. The quantitative estimate of drug-likeness (QED) is 0.134. The lowest BCUT2D eigenvalue weighted by molar-refractivity contribution is 0.487. The summed E-state index contributed by atoms with van der Waals surface area (Å²) in [5.41, 5.74) is 23.2. The predicted molar refractivity (Wildman–Crippen MR) is 344 cm³/mol. The van der Waals surface area contributed by atoms with Gasteiger partial charge in [0.25, 0.3) is 6.71 Å². The minimum absolute atomic E-state index is 0.110. The van der Waals surface area contributed by atoms with E-state index in [9.17, 15) is 10.5 Å². The third-order valence-corrected chi connectivity index (χ3v) is 17.0. The maximum absolute atomic E-state index is 10.9. The van der Waals surface area contributed by atoms with Crippen molar-refractivity contribution in [2.75, 3.05) is 14.7 Å². The van der Waals surface area contributed by atoms with E-state index in [-0.39, 0.29) is 12.1 Å². The minimum Gasteiger partial charge on any atom is -0.458 e. The van der Waals surface area contributed by atoms with Crippen LogP contribution in [0.5, 0.6) is 11.5 Å². The molecule has 3 aliphatic heterocycles. The number of nitrogens with zero attached hydrogens (tertiary/aromatic N) is 5. The lowest BCUT2D eigenvalue weighted by Crippen LogP contribution is -2.54. The maximum atomic E-state index is 10.9. The van der Waals surface area contributed by atoms with Gasteiger partial charge in [0.15, 0.2) is 0 Å². The van der Waals surface area contributed by atoms with Gasteiger partial charge in [-0.25, -0.2) is 0 Å². The predicted octanol–water partition coefficient (Wildman–Crippen LogP) is 18.4. The van der Waals surface area contributed by atoms with E-state index in [0.717, 1.165) is 118 Å². The molecule has 0 amide bonds. The van der Waals surface area contributed by atoms with Gasteiger partial charge in [-0.3, -0.25) is 0 Å². The smallest absolute Gasteiger partial charge is 0.255 e. The molecule has 0 radical (unpaired) electrons. The van der Waals surface area contributed by atoms with Crippen LogP contribution in [-0.4, -0.2) is 6.71 Å². The molecule has 0 saturated carbocycles. The lowest BCUT2D eigenvalue weighted by Gasteiger charge is -2.44. The zero-order valence-electron chi connectivity index (χ0n) is 47.9. The normalized spacial score (nSPS) is 14.6. The van der Waals surface area contributed by atoms with Gasteiger partial charge in [0, 0.05) is 45.0 Å². The van der Waals surface area contributed by atoms with E-state index < -0.39 is 5.41 Å².